The van der Waals surface area contributed by atoms with E-state index in [1.54, 1.807) is 0 Å². The van der Waals surface area contributed by atoms with Crippen molar-refractivity contribution >= 4 is 22.4 Å². The Morgan fingerprint density at radius 3 is 2.73 bits per heavy atom. The summed E-state index contributed by atoms with van der Waals surface area (Å²) in [7, 11) is 1.91. The molecule has 0 radical (unpaired) electrons. The maximum absolute atomic E-state index is 5.99. The second-order valence-electron chi connectivity index (χ2n) is 5.15. The lowest BCUT2D eigenvalue weighted by molar-refractivity contribution is 0.216. The molecule has 0 unspecified atom stereocenters. The fourth-order valence-corrected chi connectivity index (χ4v) is 2.63. The smallest absolute Gasteiger partial charge is 0.161 e. The van der Waals surface area contributed by atoms with E-state index in [2.05, 4.69) is 19.9 Å². The molecule has 4 heterocycles. The molecule has 2 N–H and O–H groups in total. The Kier molecular flexibility index (Phi) is 2.87. The number of hydrogen-bond acceptors (Lipinski definition) is 6. The van der Waals surface area contributed by atoms with Crippen molar-refractivity contribution in [3.05, 3.63) is 36.6 Å². The first-order chi connectivity index (χ1) is 10.7. The lowest BCUT2D eigenvalue weighted by atomic mass is 10.1. The van der Waals surface area contributed by atoms with Crippen LogP contribution in [0.25, 0.3) is 28.0 Å². The normalized spacial score (nSPS) is 14.5. The highest BCUT2D eigenvalue weighted by Crippen LogP contribution is 2.30. The summed E-state index contributed by atoms with van der Waals surface area (Å²) in [4.78, 5) is 17.3. The van der Waals surface area contributed by atoms with Crippen LogP contribution in [0.3, 0.4) is 0 Å². The SMILES string of the molecule is Cn1cc(-c2ncc(C3=CCOC3)cn2)c2c(N)ncnc21. The molecule has 7 nitrogen and oxygen atoms in total. The molecule has 1 aliphatic heterocycles. The maximum atomic E-state index is 5.99. The van der Waals surface area contributed by atoms with Crippen molar-refractivity contribution < 1.29 is 4.74 Å². The van der Waals surface area contributed by atoms with Crippen LogP contribution in [0.4, 0.5) is 5.82 Å². The van der Waals surface area contributed by atoms with Gasteiger partial charge in [0.15, 0.2) is 5.82 Å². The summed E-state index contributed by atoms with van der Waals surface area (Å²) >= 11 is 0. The molecule has 0 saturated heterocycles. The Hall–Kier alpha value is -2.80. The number of fused-ring (bicyclic) bond motifs is 1. The van der Waals surface area contributed by atoms with E-state index in [1.807, 2.05) is 36.3 Å². The molecule has 0 fully saturated rings. The van der Waals surface area contributed by atoms with E-state index < -0.39 is 0 Å². The zero-order valence-corrected chi connectivity index (χ0v) is 12.0. The molecule has 0 saturated carbocycles. The average molecular weight is 294 g/mol. The van der Waals surface area contributed by atoms with Gasteiger partial charge in [0.1, 0.15) is 17.8 Å². The quantitative estimate of drug-likeness (QED) is 0.768. The topological polar surface area (TPSA) is 91.7 Å². The Morgan fingerprint density at radius 2 is 2.00 bits per heavy atom. The fraction of sp³-hybridized carbons (Fsp3) is 0.200. The summed E-state index contributed by atoms with van der Waals surface area (Å²) in [5.41, 5.74) is 9.68. The third-order valence-electron chi connectivity index (χ3n) is 3.75. The number of nitrogens with zero attached hydrogens (tertiary/aromatic N) is 5. The van der Waals surface area contributed by atoms with Crippen molar-refractivity contribution in [2.24, 2.45) is 7.05 Å². The highest BCUT2D eigenvalue weighted by molar-refractivity contribution is 5.99. The predicted octanol–water partition coefficient (Wildman–Crippen LogP) is 1.42. The first kappa shape index (κ1) is 12.9. The molecule has 0 spiro atoms. The van der Waals surface area contributed by atoms with Gasteiger partial charge in [0.2, 0.25) is 0 Å². The molecule has 0 amide bonds. The lowest BCUT2D eigenvalue weighted by Gasteiger charge is -2.03. The molecule has 110 valence electrons. The summed E-state index contributed by atoms with van der Waals surface area (Å²) in [5, 5.41) is 0.779. The number of nitrogens with two attached hydrogens (primary N) is 1. The van der Waals surface area contributed by atoms with Gasteiger partial charge in [-0.3, -0.25) is 0 Å². The Morgan fingerprint density at radius 1 is 1.18 bits per heavy atom. The summed E-state index contributed by atoms with van der Waals surface area (Å²) in [6.45, 7) is 1.26. The van der Waals surface area contributed by atoms with E-state index in [4.69, 9.17) is 10.5 Å². The van der Waals surface area contributed by atoms with Crippen molar-refractivity contribution in [2.45, 2.75) is 0 Å². The number of aromatic nitrogens is 5. The molecule has 0 atom stereocenters. The molecule has 7 heteroatoms. The number of hydrogen-bond donors (Lipinski definition) is 1. The number of anilines is 1. The van der Waals surface area contributed by atoms with Crippen molar-refractivity contribution in [3.8, 4) is 11.4 Å². The third kappa shape index (κ3) is 1.94. The second kappa shape index (κ2) is 4.88. The molecular weight excluding hydrogens is 280 g/mol. The molecule has 0 aliphatic carbocycles. The van der Waals surface area contributed by atoms with Gasteiger partial charge in [0.05, 0.1) is 24.2 Å². The van der Waals surface area contributed by atoms with Crippen LogP contribution in [0.15, 0.2) is 31.0 Å². The molecule has 3 aromatic rings. The average Bonchev–Trinajstić information content (AvgIpc) is 3.17. The molecule has 0 bridgehead atoms. The van der Waals surface area contributed by atoms with E-state index in [1.165, 1.54) is 6.33 Å². The standard InChI is InChI=1S/C15H14N6O/c1-21-6-11(12-13(16)19-8-20-15(12)21)14-17-4-10(5-18-14)9-2-3-22-7-9/h2,4-6,8H,3,7H2,1H3,(H2,16,19,20). The van der Waals surface area contributed by atoms with Crippen LogP contribution in [-0.2, 0) is 11.8 Å². The fourth-order valence-electron chi connectivity index (χ4n) is 2.63. The van der Waals surface area contributed by atoms with Crippen LogP contribution in [0.1, 0.15) is 5.56 Å². The van der Waals surface area contributed by atoms with E-state index >= 15 is 0 Å². The zero-order chi connectivity index (χ0) is 15.1. The minimum atomic E-state index is 0.431. The molecular formula is C15H14N6O. The van der Waals surface area contributed by atoms with E-state index in [0.29, 0.717) is 24.9 Å². The van der Waals surface area contributed by atoms with Crippen LogP contribution in [0, 0.1) is 0 Å². The first-order valence-corrected chi connectivity index (χ1v) is 6.89. The summed E-state index contributed by atoms with van der Waals surface area (Å²) < 4.78 is 7.21. The minimum absolute atomic E-state index is 0.431. The molecule has 3 aromatic heterocycles. The van der Waals surface area contributed by atoms with Crippen molar-refractivity contribution in [1.29, 1.82) is 0 Å². The Balaban J connectivity index is 1.82. The number of rotatable bonds is 2. The number of nitrogen functional groups attached to an aromatic ring is 1. The van der Waals surface area contributed by atoms with E-state index in [0.717, 1.165) is 27.7 Å². The zero-order valence-electron chi connectivity index (χ0n) is 12.0. The molecule has 0 aromatic carbocycles. The predicted molar refractivity (Wildman–Crippen MR) is 82.7 cm³/mol. The van der Waals surface area contributed by atoms with E-state index in [9.17, 15) is 0 Å². The van der Waals surface area contributed by atoms with Crippen LogP contribution >= 0.6 is 0 Å². The van der Waals surface area contributed by atoms with Gasteiger partial charge in [-0.2, -0.15) is 0 Å². The van der Waals surface area contributed by atoms with Gasteiger partial charge >= 0.3 is 0 Å². The van der Waals surface area contributed by atoms with Gasteiger partial charge in [0.25, 0.3) is 0 Å². The van der Waals surface area contributed by atoms with Crippen molar-refractivity contribution in [1.82, 2.24) is 24.5 Å². The van der Waals surface area contributed by atoms with E-state index in [-0.39, 0.29) is 0 Å². The Labute approximate surface area is 126 Å². The van der Waals surface area contributed by atoms with Crippen molar-refractivity contribution in [2.75, 3.05) is 18.9 Å². The first-order valence-electron chi connectivity index (χ1n) is 6.89. The lowest BCUT2D eigenvalue weighted by Crippen LogP contribution is -1.96. The highest BCUT2D eigenvalue weighted by Gasteiger charge is 2.16. The summed E-state index contributed by atoms with van der Waals surface area (Å²) in [5.74, 6) is 1.04. The van der Waals surface area contributed by atoms with Gasteiger partial charge in [-0.25, -0.2) is 19.9 Å². The summed E-state index contributed by atoms with van der Waals surface area (Å²) in [6, 6.07) is 0. The monoisotopic (exact) mass is 294 g/mol. The second-order valence-corrected chi connectivity index (χ2v) is 5.15. The van der Waals surface area contributed by atoms with Gasteiger partial charge in [-0.05, 0) is 5.57 Å². The van der Waals surface area contributed by atoms with Gasteiger partial charge < -0.3 is 15.0 Å². The maximum Gasteiger partial charge on any atom is 0.161 e. The highest BCUT2D eigenvalue weighted by atomic mass is 16.5. The number of aryl methyl sites for hydroxylation is 1. The van der Waals surface area contributed by atoms with Gasteiger partial charge in [-0.15, -0.1) is 0 Å². The third-order valence-corrected chi connectivity index (χ3v) is 3.75. The van der Waals surface area contributed by atoms with Crippen LogP contribution < -0.4 is 5.73 Å². The molecule has 1 aliphatic rings. The van der Waals surface area contributed by atoms with Crippen LogP contribution in [0.5, 0.6) is 0 Å². The molecule has 22 heavy (non-hydrogen) atoms. The van der Waals surface area contributed by atoms with Gasteiger partial charge in [0, 0.05) is 31.2 Å². The van der Waals surface area contributed by atoms with Crippen LogP contribution in [0.2, 0.25) is 0 Å². The molecule has 4 rings (SSSR count). The van der Waals surface area contributed by atoms with Crippen LogP contribution in [-0.4, -0.2) is 37.7 Å². The van der Waals surface area contributed by atoms with Crippen molar-refractivity contribution in [3.63, 3.8) is 0 Å². The number of ether oxygens (including phenoxy) is 1. The minimum Gasteiger partial charge on any atom is -0.383 e. The Bertz CT molecular complexity index is 881. The summed E-state index contributed by atoms with van der Waals surface area (Å²) in [6.07, 6.45) is 9.03. The largest absolute Gasteiger partial charge is 0.383 e. The van der Waals surface area contributed by atoms with Gasteiger partial charge in [-0.1, -0.05) is 6.08 Å².